The first kappa shape index (κ1) is 12.1. The molecule has 1 aromatic carbocycles. The van der Waals surface area contributed by atoms with Crippen LogP contribution >= 0.6 is 0 Å². The molecule has 0 unspecified atom stereocenters. The summed E-state index contributed by atoms with van der Waals surface area (Å²) in [6, 6.07) is 5.11. The molecule has 0 amide bonds. The van der Waals surface area contributed by atoms with Gasteiger partial charge in [0.15, 0.2) is 0 Å². The molecule has 1 atom stereocenters. The van der Waals surface area contributed by atoms with Crippen LogP contribution < -0.4 is 5.73 Å². The zero-order chi connectivity index (χ0) is 11.3. The van der Waals surface area contributed by atoms with Crippen LogP contribution in [0.1, 0.15) is 24.5 Å². The fraction of sp³-hybridized carbons (Fsp3) is 0.500. The molecule has 0 aliphatic carbocycles. The Balaban J connectivity index is 2.62. The maximum Gasteiger partial charge on any atom is 0.126 e. The van der Waals surface area contributed by atoms with Gasteiger partial charge in [0.05, 0.1) is 6.10 Å². The van der Waals surface area contributed by atoms with E-state index in [0.29, 0.717) is 12.8 Å². The molecule has 3 N–H and O–H groups in total. The van der Waals surface area contributed by atoms with Crippen LogP contribution in [0.15, 0.2) is 18.2 Å². The summed E-state index contributed by atoms with van der Waals surface area (Å²) in [6.07, 6.45) is 1.61. The number of hydrogen-bond acceptors (Lipinski definition) is 2. The van der Waals surface area contributed by atoms with Crippen molar-refractivity contribution in [1.29, 1.82) is 0 Å². The molecule has 84 valence electrons. The van der Waals surface area contributed by atoms with Crippen LogP contribution in [0.5, 0.6) is 0 Å². The van der Waals surface area contributed by atoms with Crippen molar-refractivity contribution in [2.24, 2.45) is 5.73 Å². The highest BCUT2D eigenvalue weighted by atomic mass is 19.1. The molecule has 15 heavy (non-hydrogen) atoms. The number of benzene rings is 1. The van der Waals surface area contributed by atoms with Gasteiger partial charge in [-0.1, -0.05) is 19.1 Å². The van der Waals surface area contributed by atoms with Crippen molar-refractivity contribution in [3.05, 3.63) is 35.1 Å². The van der Waals surface area contributed by atoms with E-state index in [-0.39, 0.29) is 12.4 Å². The van der Waals surface area contributed by atoms with E-state index >= 15 is 0 Å². The number of hydrogen-bond donors (Lipinski definition) is 2. The first-order chi connectivity index (χ1) is 7.17. The minimum absolute atomic E-state index is 0.152. The highest BCUT2D eigenvalue weighted by Gasteiger charge is 2.04. The van der Waals surface area contributed by atoms with Gasteiger partial charge >= 0.3 is 0 Å². The number of halogens is 1. The highest BCUT2D eigenvalue weighted by Crippen LogP contribution is 2.13. The van der Waals surface area contributed by atoms with Crippen molar-refractivity contribution < 1.29 is 9.50 Å². The third-order valence-electron chi connectivity index (χ3n) is 2.53. The van der Waals surface area contributed by atoms with Crippen LogP contribution in [0.2, 0.25) is 0 Å². The minimum Gasteiger partial charge on any atom is -0.392 e. The van der Waals surface area contributed by atoms with Crippen LogP contribution in [0.3, 0.4) is 0 Å². The maximum absolute atomic E-state index is 13.2. The molecular formula is C12H18FNO. The van der Waals surface area contributed by atoms with E-state index in [4.69, 9.17) is 5.73 Å². The van der Waals surface area contributed by atoms with Gasteiger partial charge in [-0.2, -0.15) is 0 Å². The molecule has 0 spiro atoms. The van der Waals surface area contributed by atoms with Crippen LogP contribution in [-0.2, 0) is 12.8 Å². The summed E-state index contributed by atoms with van der Waals surface area (Å²) < 4.78 is 13.2. The van der Waals surface area contributed by atoms with E-state index in [1.165, 1.54) is 6.07 Å². The smallest absolute Gasteiger partial charge is 0.126 e. The Kier molecular flexibility index (Phi) is 4.72. The number of aliphatic hydroxyl groups is 1. The van der Waals surface area contributed by atoms with Crippen LogP contribution in [-0.4, -0.2) is 17.8 Å². The van der Waals surface area contributed by atoms with Crippen molar-refractivity contribution in [2.45, 2.75) is 32.3 Å². The summed E-state index contributed by atoms with van der Waals surface area (Å²) in [5.41, 5.74) is 7.09. The number of rotatable bonds is 5. The first-order valence-corrected chi connectivity index (χ1v) is 5.32. The van der Waals surface area contributed by atoms with E-state index in [1.807, 2.05) is 13.0 Å². The van der Waals surface area contributed by atoms with Crippen molar-refractivity contribution in [1.82, 2.24) is 0 Å². The monoisotopic (exact) mass is 211 g/mol. The lowest BCUT2D eigenvalue weighted by molar-refractivity contribution is 0.173. The van der Waals surface area contributed by atoms with E-state index < -0.39 is 6.10 Å². The standard InChI is InChI=1S/C12H18FNO/c1-2-10-7-9(4-6-12(10)13)3-5-11(15)8-14/h4,6-7,11,15H,2-3,5,8,14H2,1H3/t11-/m1/s1. The molecule has 0 heterocycles. The molecule has 0 saturated carbocycles. The maximum atomic E-state index is 13.2. The normalized spacial score (nSPS) is 12.8. The summed E-state index contributed by atoms with van der Waals surface area (Å²) in [5, 5.41) is 9.30. The summed E-state index contributed by atoms with van der Waals surface area (Å²) in [4.78, 5) is 0. The molecule has 0 bridgehead atoms. The zero-order valence-corrected chi connectivity index (χ0v) is 9.04. The van der Waals surface area contributed by atoms with Crippen molar-refractivity contribution in [2.75, 3.05) is 6.54 Å². The van der Waals surface area contributed by atoms with Gasteiger partial charge in [-0.25, -0.2) is 4.39 Å². The average molecular weight is 211 g/mol. The lowest BCUT2D eigenvalue weighted by Crippen LogP contribution is -2.20. The third-order valence-corrected chi connectivity index (χ3v) is 2.53. The molecule has 0 fully saturated rings. The molecule has 0 aliphatic rings. The van der Waals surface area contributed by atoms with Gasteiger partial charge in [0.25, 0.3) is 0 Å². The third kappa shape index (κ3) is 3.61. The van der Waals surface area contributed by atoms with Crippen LogP contribution in [0.4, 0.5) is 4.39 Å². The fourth-order valence-electron chi connectivity index (χ4n) is 1.51. The van der Waals surface area contributed by atoms with Gasteiger partial charge in [-0.15, -0.1) is 0 Å². The fourth-order valence-corrected chi connectivity index (χ4v) is 1.51. The predicted octanol–water partition coefficient (Wildman–Crippen LogP) is 1.64. The highest BCUT2D eigenvalue weighted by molar-refractivity contribution is 5.25. The van der Waals surface area contributed by atoms with Gasteiger partial charge in [-0.05, 0) is 36.5 Å². The summed E-state index contributed by atoms with van der Waals surface area (Å²) in [6.45, 7) is 2.21. The van der Waals surface area contributed by atoms with E-state index in [9.17, 15) is 9.50 Å². The molecule has 0 saturated heterocycles. The second-order valence-corrected chi connectivity index (χ2v) is 3.71. The Labute approximate surface area is 89.9 Å². The molecule has 0 aromatic heterocycles. The summed E-state index contributed by atoms with van der Waals surface area (Å²) >= 11 is 0. The lowest BCUT2D eigenvalue weighted by atomic mass is 10.0. The van der Waals surface area contributed by atoms with Gasteiger partial charge in [0.1, 0.15) is 5.82 Å². The Morgan fingerprint density at radius 2 is 2.20 bits per heavy atom. The van der Waals surface area contributed by atoms with Crippen molar-refractivity contribution >= 4 is 0 Å². The molecular weight excluding hydrogens is 193 g/mol. The SMILES string of the molecule is CCc1cc(CC[C@@H](O)CN)ccc1F. The Morgan fingerprint density at radius 3 is 2.80 bits per heavy atom. The summed E-state index contributed by atoms with van der Waals surface area (Å²) in [7, 11) is 0. The Morgan fingerprint density at radius 1 is 1.47 bits per heavy atom. The van der Waals surface area contributed by atoms with Crippen molar-refractivity contribution in [3.63, 3.8) is 0 Å². The van der Waals surface area contributed by atoms with Gasteiger partial charge in [-0.3, -0.25) is 0 Å². The second kappa shape index (κ2) is 5.83. The quantitative estimate of drug-likeness (QED) is 0.777. The predicted molar refractivity (Wildman–Crippen MR) is 59.2 cm³/mol. The molecule has 3 heteroatoms. The number of aliphatic hydroxyl groups excluding tert-OH is 1. The molecule has 1 aromatic rings. The largest absolute Gasteiger partial charge is 0.392 e. The van der Waals surface area contributed by atoms with Crippen LogP contribution in [0, 0.1) is 5.82 Å². The topological polar surface area (TPSA) is 46.2 Å². The molecule has 0 aliphatic heterocycles. The van der Waals surface area contributed by atoms with E-state index in [0.717, 1.165) is 17.5 Å². The summed E-state index contributed by atoms with van der Waals surface area (Å²) in [5.74, 6) is -0.152. The molecule has 1 rings (SSSR count). The van der Waals surface area contributed by atoms with E-state index in [1.54, 1.807) is 6.07 Å². The molecule has 0 radical (unpaired) electrons. The van der Waals surface area contributed by atoms with Gasteiger partial charge in [0.2, 0.25) is 0 Å². The number of aryl methyl sites for hydroxylation is 2. The zero-order valence-electron chi connectivity index (χ0n) is 9.04. The average Bonchev–Trinajstić information content (AvgIpc) is 2.27. The number of nitrogens with two attached hydrogens (primary N) is 1. The Hall–Kier alpha value is -0.930. The Bertz CT molecular complexity index is 314. The molecule has 2 nitrogen and oxygen atoms in total. The van der Waals surface area contributed by atoms with E-state index in [2.05, 4.69) is 0 Å². The first-order valence-electron chi connectivity index (χ1n) is 5.32. The van der Waals surface area contributed by atoms with Gasteiger partial charge in [0, 0.05) is 6.54 Å². The van der Waals surface area contributed by atoms with Crippen molar-refractivity contribution in [3.8, 4) is 0 Å². The van der Waals surface area contributed by atoms with Gasteiger partial charge < -0.3 is 10.8 Å². The van der Waals surface area contributed by atoms with Crippen LogP contribution in [0.25, 0.3) is 0 Å². The minimum atomic E-state index is -0.458. The lowest BCUT2D eigenvalue weighted by Gasteiger charge is -2.08. The second-order valence-electron chi connectivity index (χ2n) is 3.71.